The molecule has 3 heterocycles. The molecule has 1 aromatic carbocycles. The minimum atomic E-state index is 0.510. The molecule has 4 rings (SSSR count). The lowest BCUT2D eigenvalue weighted by molar-refractivity contribution is 0.896. The second kappa shape index (κ2) is 6.83. The molecule has 0 radical (unpaired) electrons. The van der Waals surface area contributed by atoms with Crippen LogP contribution in [0.3, 0.4) is 0 Å². The molecule has 4 aromatic rings. The summed E-state index contributed by atoms with van der Waals surface area (Å²) < 4.78 is 2.41. The number of aryl methyl sites for hydroxylation is 1. The number of benzene rings is 1. The summed E-state index contributed by atoms with van der Waals surface area (Å²) in [6, 6.07) is 7.17. The first-order valence-electron chi connectivity index (χ1n) is 7.57. The minimum absolute atomic E-state index is 0.510. The quantitative estimate of drug-likeness (QED) is 0.457. The number of aromatic nitrogens is 5. The summed E-state index contributed by atoms with van der Waals surface area (Å²) >= 11 is 16.1. The Kier molecular flexibility index (Phi) is 4.52. The molecule has 130 valence electrons. The van der Waals surface area contributed by atoms with Crippen LogP contribution in [-0.4, -0.2) is 24.7 Å². The summed E-state index contributed by atoms with van der Waals surface area (Å²) in [5, 5.41) is 9.64. The Bertz CT molecular complexity index is 1110. The van der Waals surface area contributed by atoms with Crippen molar-refractivity contribution in [3.8, 4) is 5.69 Å². The van der Waals surface area contributed by atoms with E-state index in [2.05, 4.69) is 41.3 Å². The molecule has 9 heteroatoms. The van der Waals surface area contributed by atoms with Gasteiger partial charge in [-0.2, -0.15) is 5.10 Å². The summed E-state index contributed by atoms with van der Waals surface area (Å²) in [5.74, 6) is 1.27. The van der Waals surface area contributed by atoms with Gasteiger partial charge in [0.2, 0.25) is 0 Å². The summed E-state index contributed by atoms with van der Waals surface area (Å²) in [6.07, 6.45) is 5.02. The standard InChI is InChI=1S/C17H11BrCl2N6/c1-9-5-14(23-8-22-9)24-17-10-7-26(25-15(10)11(18)6-21-17)16-12(19)3-2-4-13(16)20/h2-8H,1H3,(H,21,22,23,24). The first-order valence-corrected chi connectivity index (χ1v) is 9.12. The number of halogens is 3. The van der Waals surface area contributed by atoms with Gasteiger partial charge in [-0.3, -0.25) is 0 Å². The lowest BCUT2D eigenvalue weighted by Crippen LogP contribution is -1.98. The van der Waals surface area contributed by atoms with Crippen molar-refractivity contribution >= 4 is 61.7 Å². The van der Waals surface area contributed by atoms with E-state index >= 15 is 0 Å². The van der Waals surface area contributed by atoms with Crippen LogP contribution in [0.2, 0.25) is 10.0 Å². The predicted octanol–water partition coefficient (Wildman–Crippen LogP) is 5.33. The number of para-hydroxylation sites is 1. The molecule has 0 atom stereocenters. The summed E-state index contributed by atoms with van der Waals surface area (Å²) in [7, 11) is 0. The highest BCUT2D eigenvalue weighted by Crippen LogP contribution is 2.33. The fourth-order valence-corrected chi connectivity index (χ4v) is 3.51. The number of nitrogens with one attached hydrogen (secondary N) is 1. The maximum atomic E-state index is 6.31. The van der Waals surface area contributed by atoms with E-state index in [-0.39, 0.29) is 0 Å². The third-order valence-electron chi connectivity index (χ3n) is 3.72. The van der Waals surface area contributed by atoms with Gasteiger partial charge in [-0.25, -0.2) is 19.6 Å². The van der Waals surface area contributed by atoms with E-state index in [9.17, 15) is 0 Å². The number of pyridine rings is 1. The van der Waals surface area contributed by atoms with Crippen molar-refractivity contribution in [2.45, 2.75) is 6.92 Å². The van der Waals surface area contributed by atoms with Gasteiger partial charge in [0.05, 0.1) is 19.9 Å². The SMILES string of the molecule is Cc1cc(Nc2ncc(Br)c3nn(-c4c(Cl)cccc4Cl)cc23)ncn1. The van der Waals surface area contributed by atoms with Crippen molar-refractivity contribution in [2.75, 3.05) is 5.32 Å². The summed E-state index contributed by atoms with van der Waals surface area (Å²) in [5.41, 5.74) is 2.20. The van der Waals surface area contributed by atoms with Crippen molar-refractivity contribution in [3.63, 3.8) is 0 Å². The number of rotatable bonds is 3. The highest BCUT2D eigenvalue weighted by molar-refractivity contribution is 9.10. The average Bonchev–Trinajstić information content (AvgIpc) is 3.03. The van der Waals surface area contributed by atoms with E-state index in [0.717, 1.165) is 21.1 Å². The Hall–Kier alpha value is -2.22. The fraction of sp³-hybridized carbons (Fsp3) is 0.0588. The van der Waals surface area contributed by atoms with Crippen molar-refractivity contribution in [1.82, 2.24) is 24.7 Å². The molecule has 0 saturated carbocycles. The van der Waals surface area contributed by atoms with E-state index in [0.29, 0.717) is 27.4 Å². The normalized spacial score (nSPS) is 11.1. The number of nitrogens with zero attached hydrogens (tertiary/aromatic N) is 5. The third-order valence-corrected chi connectivity index (χ3v) is 4.91. The molecule has 0 spiro atoms. The van der Waals surface area contributed by atoms with Crippen LogP contribution in [0.1, 0.15) is 5.69 Å². The van der Waals surface area contributed by atoms with Gasteiger partial charge in [0.15, 0.2) is 0 Å². The van der Waals surface area contributed by atoms with Crippen LogP contribution in [0.5, 0.6) is 0 Å². The second-order valence-corrected chi connectivity index (χ2v) is 7.20. The monoisotopic (exact) mass is 448 g/mol. The Morgan fingerprint density at radius 1 is 1.12 bits per heavy atom. The molecule has 26 heavy (non-hydrogen) atoms. The molecule has 3 aromatic heterocycles. The zero-order valence-electron chi connectivity index (χ0n) is 13.4. The molecule has 0 unspecified atom stereocenters. The van der Waals surface area contributed by atoms with Crippen molar-refractivity contribution in [3.05, 3.63) is 63.2 Å². The van der Waals surface area contributed by atoms with Gasteiger partial charge in [-0.1, -0.05) is 29.3 Å². The van der Waals surface area contributed by atoms with Gasteiger partial charge in [0.1, 0.15) is 29.2 Å². The highest BCUT2D eigenvalue weighted by Gasteiger charge is 2.15. The zero-order valence-corrected chi connectivity index (χ0v) is 16.5. The smallest absolute Gasteiger partial charge is 0.142 e. The maximum absolute atomic E-state index is 6.31. The van der Waals surface area contributed by atoms with E-state index in [1.807, 2.05) is 19.2 Å². The van der Waals surface area contributed by atoms with E-state index in [1.54, 1.807) is 29.1 Å². The largest absolute Gasteiger partial charge is 0.324 e. The zero-order chi connectivity index (χ0) is 18.3. The number of anilines is 2. The van der Waals surface area contributed by atoms with Gasteiger partial charge >= 0.3 is 0 Å². The Morgan fingerprint density at radius 2 is 1.88 bits per heavy atom. The molecule has 0 bridgehead atoms. The molecule has 0 aliphatic rings. The van der Waals surface area contributed by atoms with Crippen molar-refractivity contribution in [1.29, 1.82) is 0 Å². The summed E-state index contributed by atoms with van der Waals surface area (Å²) in [4.78, 5) is 12.8. The van der Waals surface area contributed by atoms with Crippen LogP contribution >= 0.6 is 39.1 Å². The lowest BCUT2D eigenvalue weighted by atomic mass is 10.3. The van der Waals surface area contributed by atoms with Crippen LogP contribution in [0.4, 0.5) is 11.6 Å². The molecule has 0 amide bonds. The molecule has 0 saturated heterocycles. The molecular weight excluding hydrogens is 439 g/mol. The molecule has 0 fully saturated rings. The van der Waals surface area contributed by atoms with Crippen LogP contribution in [0, 0.1) is 6.92 Å². The molecular formula is C17H11BrCl2N6. The van der Waals surface area contributed by atoms with Crippen molar-refractivity contribution < 1.29 is 0 Å². The summed E-state index contributed by atoms with van der Waals surface area (Å²) in [6.45, 7) is 1.90. The molecule has 0 aliphatic heterocycles. The number of fused-ring (bicyclic) bond motifs is 1. The highest BCUT2D eigenvalue weighted by atomic mass is 79.9. The predicted molar refractivity (Wildman–Crippen MR) is 107 cm³/mol. The number of hydrogen-bond acceptors (Lipinski definition) is 5. The minimum Gasteiger partial charge on any atom is -0.324 e. The van der Waals surface area contributed by atoms with Crippen LogP contribution in [0.15, 0.2) is 47.5 Å². The van der Waals surface area contributed by atoms with Crippen LogP contribution < -0.4 is 5.32 Å². The fourth-order valence-electron chi connectivity index (χ4n) is 2.54. The molecule has 1 N–H and O–H groups in total. The van der Waals surface area contributed by atoms with Crippen LogP contribution in [-0.2, 0) is 0 Å². The Balaban J connectivity index is 1.86. The third kappa shape index (κ3) is 3.13. The topological polar surface area (TPSA) is 68.5 Å². The van der Waals surface area contributed by atoms with E-state index < -0.39 is 0 Å². The Labute approximate surface area is 167 Å². The second-order valence-electron chi connectivity index (χ2n) is 5.53. The van der Waals surface area contributed by atoms with E-state index in [4.69, 9.17) is 23.2 Å². The molecule has 6 nitrogen and oxygen atoms in total. The van der Waals surface area contributed by atoms with Gasteiger partial charge in [-0.05, 0) is 35.0 Å². The average molecular weight is 450 g/mol. The van der Waals surface area contributed by atoms with E-state index in [1.165, 1.54) is 6.33 Å². The maximum Gasteiger partial charge on any atom is 0.142 e. The van der Waals surface area contributed by atoms with Gasteiger partial charge in [0.25, 0.3) is 0 Å². The van der Waals surface area contributed by atoms with Gasteiger partial charge in [0, 0.05) is 24.2 Å². The Morgan fingerprint density at radius 3 is 2.62 bits per heavy atom. The van der Waals surface area contributed by atoms with Crippen LogP contribution in [0.25, 0.3) is 16.6 Å². The first-order chi connectivity index (χ1) is 12.5. The molecule has 0 aliphatic carbocycles. The van der Waals surface area contributed by atoms with Gasteiger partial charge < -0.3 is 5.32 Å². The van der Waals surface area contributed by atoms with Gasteiger partial charge in [-0.15, -0.1) is 0 Å². The lowest BCUT2D eigenvalue weighted by Gasteiger charge is -2.06. The van der Waals surface area contributed by atoms with Crippen molar-refractivity contribution in [2.24, 2.45) is 0 Å². The first kappa shape index (κ1) is 17.2. The number of hydrogen-bond donors (Lipinski definition) is 1.